The SMILES string of the molecule is Cc1[c]([Ti+2][C]2=CC=CC2)[nH]c2ccccc12.[Cl-].[Cl-]. The third-order valence-corrected chi connectivity index (χ3v) is 5.27. The number of aromatic nitrogens is 1. The summed E-state index contributed by atoms with van der Waals surface area (Å²) in [7, 11) is 0. The molecular weight excluding hydrogens is 301 g/mol. The van der Waals surface area contributed by atoms with Gasteiger partial charge in [0.05, 0.1) is 0 Å². The van der Waals surface area contributed by atoms with Crippen LogP contribution in [0.1, 0.15) is 12.0 Å². The van der Waals surface area contributed by atoms with Crippen LogP contribution >= 0.6 is 0 Å². The van der Waals surface area contributed by atoms with Crippen molar-refractivity contribution in [3.05, 3.63) is 51.9 Å². The summed E-state index contributed by atoms with van der Waals surface area (Å²) in [6, 6.07) is 8.58. The third-order valence-electron chi connectivity index (χ3n) is 3.02. The number of rotatable bonds is 2. The smallest absolute Gasteiger partial charge is 1.00 e. The monoisotopic (exact) mass is 313 g/mol. The molecule has 0 bridgehead atoms. The van der Waals surface area contributed by atoms with Crippen molar-refractivity contribution in [3.63, 3.8) is 0 Å². The Morgan fingerprint density at radius 2 is 1.94 bits per heavy atom. The molecule has 1 N–H and O–H groups in total. The summed E-state index contributed by atoms with van der Waals surface area (Å²) in [5.41, 5.74) is 2.73. The fourth-order valence-corrected chi connectivity index (χ4v) is 4.04. The Kier molecular flexibility index (Phi) is 5.74. The molecule has 1 aliphatic rings. The van der Waals surface area contributed by atoms with Gasteiger partial charge in [-0.3, -0.25) is 0 Å². The summed E-state index contributed by atoms with van der Waals surface area (Å²) in [4.78, 5) is 3.58. The van der Waals surface area contributed by atoms with E-state index in [9.17, 15) is 0 Å². The van der Waals surface area contributed by atoms with Crippen molar-refractivity contribution in [1.82, 2.24) is 4.98 Å². The molecule has 18 heavy (non-hydrogen) atoms. The Morgan fingerprint density at radius 1 is 1.17 bits per heavy atom. The number of fused-ring (bicyclic) bond motifs is 1. The van der Waals surface area contributed by atoms with E-state index in [0.29, 0.717) is 0 Å². The van der Waals surface area contributed by atoms with Gasteiger partial charge in [-0.1, -0.05) is 0 Å². The van der Waals surface area contributed by atoms with E-state index in [2.05, 4.69) is 54.4 Å². The first-order valence-corrected chi connectivity index (χ1v) is 7.11. The van der Waals surface area contributed by atoms with Crippen LogP contribution in [-0.2, 0) is 19.2 Å². The molecule has 0 fully saturated rings. The van der Waals surface area contributed by atoms with Gasteiger partial charge >= 0.3 is 104 Å². The second kappa shape index (κ2) is 6.63. The first-order valence-electron chi connectivity index (χ1n) is 5.54. The van der Waals surface area contributed by atoms with E-state index in [1.807, 2.05) is 0 Å². The van der Waals surface area contributed by atoms with Crippen molar-refractivity contribution < 1.29 is 44.0 Å². The molecule has 2 aromatic rings. The van der Waals surface area contributed by atoms with Gasteiger partial charge in [-0.15, -0.1) is 0 Å². The van der Waals surface area contributed by atoms with Crippen molar-refractivity contribution >= 4 is 14.9 Å². The minimum atomic E-state index is -0.147. The Morgan fingerprint density at radius 3 is 2.61 bits per heavy atom. The maximum atomic E-state index is 3.58. The number of benzene rings is 1. The molecule has 0 amide bonds. The Hall–Kier alpha value is -0.466. The molecule has 0 atom stereocenters. The van der Waals surface area contributed by atoms with Gasteiger partial charge < -0.3 is 24.8 Å². The third kappa shape index (κ3) is 2.92. The van der Waals surface area contributed by atoms with Gasteiger partial charge in [-0.2, -0.15) is 0 Å². The minimum absolute atomic E-state index is 0. The molecule has 1 heterocycles. The topological polar surface area (TPSA) is 15.8 Å². The number of halogens is 2. The van der Waals surface area contributed by atoms with Gasteiger partial charge in [0, 0.05) is 0 Å². The molecule has 0 radical (unpaired) electrons. The van der Waals surface area contributed by atoms with Gasteiger partial charge in [-0.25, -0.2) is 0 Å². The van der Waals surface area contributed by atoms with Crippen LogP contribution in [0.3, 0.4) is 0 Å². The van der Waals surface area contributed by atoms with Gasteiger partial charge in [0.15, 0.2) is 0 Å². The number of aromatic amines is 1. The number of para-hydroxylation sites is 1. The van der Waals surface area contributed by atoms with Crippen LogP contribution in [0.15, 0.2) is 46.4 Å². The predicted molar refractivity (Wildman–Crippen MR) is 64.5 cm³/mol. The van der Waals surface area contributed by atoms with Gasteiger partial charge in [0.1, 0.15) is 0 Å². The van der Waals surface area contributed by atoms with Crippen LogP contribution in [0.4, 0.5) is 0 Å². The van der Waals surface area contributed by atoms with E-state index in [4.69, 9.17) is 0 Å². The summed E-state index contributed by atoms with van der Waals surface area (Å²) in [6.07, 6.45) is 7.87. The standard InChI is InChI=1S/C9H8N.C5H5.2ClH.Ti/c1-7-6-10-9-5-3-2-4-8(7)9;1-2-4-5-3-1;;;/h2-5,10H,1H3;1-3H,4H2;2*1H;/q;;;;+2/p-2. The number of nitrogens with one attached hydrogen (secondary N) is 1. The zero-order chi connectivity index (χ0) is 11.0. The molecular formula is C14H13Cl2NTi. The molecule has 0 aliphatic heterocycles. The number of hydrogen-bond acceptors (Lipinski definition) is 0. The van der Waals surface area contributed by atoms with Crippen LogP contribution in [0.25, 0.3) is 10.9 Å². The Balaban J connectivity index is 0.000000810. The first-order chi connectivity index (χ1) is 7.84. The molecule has 1 nitrogen and oxygen atoms in total. The normalized spacial score (nSPS) is 12.6. The second-order valence-electron chi connectivity index (χ2n) is 4.12. The van der Waals surface area contributed by atoms with Crippen LogP contribution in [0.2, 0.25) is 0 Å². The fraction of sp³-hybridized carbons (Fsp3) is 0.143. The van der Waals surface area contributed by atoms with E-state index < -0.39 is 0 Å². The molecule has 1 aromatic heterocycles. The van der Waals surface area contributed by atoms with Crippen molar-refractivity contribution in [3.8, 4) is 0 Å². The first kappa shape index (κ1) is 15.6. The Labute approximate surface area is 128 Å². The molecule has 4 heteroatoms. The molecule has 0 saturated heterocycles. The number of H-pyrrole nitrogens is 1. The number of hydrogen-bond donors (Lipinski definition) is 1. The molecule has 1 aromatic carbocycles. The molecule has 0 saturated carbocycles. The predicted octanol–water partition coefficient (Wildman–Crippen LogP) is -2.96. The average molecular weight is 314 g/mol. The van der Waals surface area contributed by atoms with Crippen LogP contribution in [0, 0.1) is 6.92 Å². The van der Waals surface area contributed by atoms with Crippen molar-refractivity contribution in [2.24, 2.45) is 0 Å². The molecule has 0 unspecified atom stereocenters. The summed E-state index contributed by atoms with van der Waals surface area (Å²) in [5, 5.41) is 1.38. The van der Waals surface area contributed by atoms with E-state index in [1.54, 1.807) is 3.88 Å². The summed E-state index contributed by atoms with van der Waals surface area (Å²) in [5.74, 6) is 0. The molecule has 1 aliphatic carbocycles. The number of aryl methyl sites for hydroxylation is 1. The van der Waals surface area contributed by atoms with Crippen molar-refractivity contribution in [1.29, 1.82) is 0 Å². The largest absolute Gasteiger partial charge is 1.00 e. The van der Waals surface area contributed by atoms with Crippen molar-refractivity contribution in [2.45, 2.75) is 13.3 Å². The molecule has 0 spiro atoms. The van der Waals surface area contributed by atoms with E-state index in [0.717, 1.165) is 6.42 Å². The van der Waals surface area contributed by atoms with E-state index in [1.165, 1.54) is 20.5 Å². The summed E-state index contributed by atoms with van der Waals surface area (Å²) < 4.78 is 3.10. The maximum absolute atomic E-state index is 3.58. The molecule has 3 rings (SSSR count). The van der Waals surface area contributed by atoms with E-state index >= 15 is 0 Å². The van der Waals surface area contributed by atoms with Crippen LogP contribution in [-0.4, -0.2) is 4.98 Å². The fourth-order valence-electron chi connectivity index (χ4n) is 2.11. The second-order valence-corrected chi connectivity index (χ2v) is 6.29. The van der Waals surface area contributed by atoms with Gasteiger partial charge in [0.2, 0.25) is 0 Å². The summed E-state index contributed by atoms with van der Waals surface area (Å²) >= 11 is -0.147. The van der Waals surface area contributed by atoms with Crippen molar-refractivity contribution in [2.75, 3.05) is 0 Å². The Bertz CT molecular complexity index is 599. The van der Waals surface area contributed by atoms with E-state index in [-0.39, 0.29) is 44.0 Å². The molecule has 92 valence electrons. The van der Waals surface area contributed by atoms with Gasteiger partial charge in [0.25, 0.3) is 0 Å². The van der Waals surface area contributed by atoms with Crippen LogP contribution in [0.5, 0.6) is 0 Å². The zero-order valence-corrected chi connectivity index (χ0v) is 13.1. The maximum Gasteiger partial charge on any atom is -1.00 e. The zero-order valence-electron chi connectivity index (χ0n) is 10.0. The van der Waals surface area contributed by atoms with Crippen LogP contribution < -0.4 is 28.8 Å². The average Bonchev–Trinajstić information content (AvgIpc) is 2.90. The van der Waals surface area contributed by atoms with Gasteiger partial charge in [-0.05, 0) is 0 Å². The summed E-state index contributed by atoms with van der Waals surface area (Å²) in [6.45, 7) is 2.24. The number of allylic oxidation sites excluding steroid dienone is 4. The quantitative estimate of drug-likeness (QED) is 0.570. The minimum Gasteiger partial charge on any atom is -1.00 e.